The molecule has 3 aromatic heterocycles. The molecule has 4 heterocycles. The number of hydrogen-bond donors (Lipinski definition) is 1. The Labute approximate surface area is 171 Å². The molecular formula is C23H27N5O. The normalized spacial score (nSPS) is 18.0. The number of aromatic nitrogens is 4. The van der Waals surface area contributed by atoms with Crippen LogP contribution in [0.2, 0.25) is 0 Å². The Morgan fingerprint density at radius 2 is 1.90 bits per heavy atom. The highest BCUT2D eigenvalue weighted by molar-refractivity contribution is 5.79. The molecule has 3 aromatic rings. The summed E-state index contributed by atoms with van der Waals surface area (Å²) in [5.74, 6) is 1.53. The van der Waals surface area contributed by atoms with E-state index in [0.717, 1.165) is 44.2 Å². The van der Waals surface area contributed by atoms with Crippen molar-refractivity contribution in [1.82, 2.24) is 20.2 Å². The van der Waals surface area contributed by atoms with Gasteiger partial charge in [0.25, 0.3) is 0 Å². The second-order valence-corrected chi connectivity index (χ2v) is 7.44. The van der Waals surface area contributed by atoms with Crippen molar-refractivity contribution in [3.8, 4) is 11.1 Å². The van der Waals surface area contributed by atoms with Gasteiger partial charge in [0.05, 0.1) is 18.9 Å². The maximum Gasteiger partial charge on any atom is 0.129 e. The van der Waals surface area contributed by atoms with Crippen molar-refractivity contribution >= 4 is 11.9 Å². The summed E-state index contributed by atoms with van der Waals surface area (Å²) < 4.78 is 5.48. The van der Waals surface area contributed by atoms with Crippen LogP contribution in [0.5, 0.6) is 0 Å². The van der Waals surface area contributed by atoms with E-state index < -0.39 is 0 Å². The van der Waals surface area contributed by atoms with Crippen molar-refractivity contribution in [3.05, 3.63) is 65.9 Å². The molecule has 6 heteroatoms. The quantitative estimate of drug-likeness (QED) is 0.711. The summed E-state index contributed by atoms with van der Waals surface area (Å²) in [5.41, 5.74) is 6.03. The number of allylic oxidation sites excluding steroid dienone is 1. The van der Waals surface area contributed by atoms with Crippen LogP contribution in [0.3, 0.4) is 0 Å². The molecule has 5 rings (SSSR count). The first-order valence-electron chi connectivity index (χ1n) is 10.1. The molecule has 0 radical (unpaired) electrons. The van der Waals surface area contributed by atoms with Gasteiger partial charge in [0, 0.05) is 48.9 Å². The number of aromatic amines is 1. The monoisotopic (exact) mass is 389 g/mol. The number of H-pyrrole nitrogens is 1. The first-order chi connectivity index (χ1) is 14.2. The van der Waals surface area contributed by atoms with E-state index in [1.807, 2.05) is 25.4 Å². The molecule has 1 aliphatic carbocycles. The molecule has 0 spiro atoms. The van der Waals surface area contributed by atoms with Crippen LogP contribution in [-0.4, -0.2) is 46.5 Å². The van der Waals surface area contributed by atoms with Crippen molar-refractivity contribution < 1.29 is 4.74 Å². The van der Waals surface area contributed by atoms with E-state index >= 15 is 0 Å². The minimum atomic E-state index is 0.455. The van der Waals surface area contributed by atoms with Crippen LogP contribution in [-0.2, 0) is 4.74 Å². The van der Waals surface area contributed by atoms with Gasteiger partial charge in [0.1, 0.15) is 5.82 Å². The van der Waals surface area contributed by atoms with E-state index in [4.69, 9.17) is 9.72 Å². The summed E-state index contributed by atoms with van der Waals surface area (Å²) in [4.78, 5) is 11.5. The topological polar surface area (TPSA) is 66.9 Å². The molecule has 0 bridgehead atoms. The molecule has 1 N–H and O–H groups in total. The molecule has 1 atom stereocenters. The maximum atomic E-state index is 5.48. The van der Waals surface area contributed by atoms with Crippen LogP contribution in [0, 0.1) is 6.92 Å². The fourth-order valence-corrected chi connectivity index (χ4v) is 3.66. The van der Waals surface area contributed by atoms with Crippen LogP contribution < -0.4 is 4.90 Å². The Morgan fingerprint density at radius 1 is 1.10 bits per heavy atom. The number of ether oxygens (including phenoxy) is 1. The van der Waals surface area contributed by atoms with E-state index in [2.05, 4.69) is 57.4 Å². The number of nitrogens with zero attached hydrogens (tertiary/aromatic N) is 4. The zero-order valence-electron chi connectivity index (χ0n) is 17.0. The van der Waals surface area contributed by atoms with Gasteiger partial charge in [-0.3, -0.25) is 10.1 Å². The third-order valence-electron chi connectivity index (χ3n) is 5.28. The highest BCUT2D eigenvalue weighted by atomic mass is 16.5. The number of nitrogens with one attached hydrogen (secondary N) is 1. The van der Waals surface area contributed by atoms with Crippen molar-refractivity contribution in [3.63, 3.8) is 0 Å². The van der Waals surface area contributed by atoms with Crippen molar-refractivity contribution in [2.75, 3.05) is 31.2 Å². The molecule has 1 saturated heterocycles. The lowest BCUT2D eigenvalue weighted by Gasteiger charge is -2.30. The zero-order chi connectivity index (χ0) is 20.1. The first kappa shape index (κ1) is 19.3. The minimum absolute atomic E-state index is 0.455. The summed E-state index contributed by atoms with van der Waals surface area (Å²) in [6.45, 7) is 7.59. The largest absolute Gasteiger partial charge is 0.378 e. The van der Waals surface area contributed by atoms with Crippen LogP contribution in [0.1, 0.15) is 36.2 Å². The van der Waals surface area contributed by atoms with Gasteiger partial charge in [0.15, 0.2) is 0 Å². The predicted molar refractivity (Wildman–Crippen MR) is 116 cm³/mol. The molecule has 1 aliphatic heterocycles. The molecule has 1 fully saturated rings. The van der Waals surface area contributed by atoms with Gasteiger partial charge < -0.3 is 9.64 Å². The van der Waals surface area contributed by atoms with Crippen LogP contribution in [0.4, 0.5) is 5.82 Å². The van der Waals surface area contributed by atoms with E-state index in [9.17, 15) is 0 Å². The Bertz CT molecular complexity index is 947. The van der Waals surface area contributed by atoms with Gasteiger partial charge >= 0.3 is 0 Å². The van der Waals surface area contributed by atoms with Gasteiger partial charge in [-0.1, -0.05) is 19.1 Å². The van der Waals surface area contributed by atoms with Gasteiger partial charge in [-0.25, -0.2) is 4.98 Å². The van der Waals surface area contributed by atoms with Gasteiger partial charge in [0.2, 0.25) is 0 Å². The Kier molecular flexibility index (Phi) is 6.00. The third-order valence-corrected chi connectivity index (χ3v) is 5.28. The molecule has 0 aromatic carbocycles. The van der Waals surface area contributed by atoms with Crippen molar-refractivity contribution in [2.24, 2.45) is 0 Å². The summed E-state index contributed by atoms with van der Waals surface area (Å²) in [7, 11) is 0. The van der Waals surface area contributed by atoms with Gasteiger partial charge in [-0.15, -0.1) is 0 Å². The minimum Gasteiger partial charge on any atom is -0.378 e. The molecule has 1 unspecified atom stereocenters. The Morgan fingerprint density at radius 3 is 2.55 bits per heavy atom. The second-order valence-electron chi connectivity index (χ2n) is 7.44. The number of fused-ring (bicyclic) bond motifs is 1. The fraction of sp³-hybridized carbons (Fsp3) is 0.348. The standard InChI is InChI=1S/C19H21N3O.C4H6N2/c1-14-3-2-4-16-17(15-5-7-20-8-6-15)13-18(21-19(14)16)22-9-11-23-12-10-22;1-4-2-3-5-6-4/h2,4-8,13-14H,3,9-12H2,1H3;2-3H,1H3,(H,5,6). The van der Waals surface area contributed by atoms with Crippen LogP contribution >= 0.6 is 0 Å². The molecule has 29 heavy (non-hydrogen) atoms. The number of morpholine rings is 1. The highest BCUT2D eigenvalue weighted by Crippen LogP contribution is 2.37. The number of rotatable bonds is 2. The smallest absolute Gasteiger partial charge is 0.129 e. The second kappa shape index (κ2) is 9.01. The van der Waals surface area contributed by atoms with Crippen LogP contribution in [0.25, 0.3) is 17.2 Å². The van der Waals surface area contributed by atoms with Crippen molar-refractivity contribution in [1.29, 1.82) is 0 Å². The van der Waals surface area contributed by atoms with Crippen molar-refractivity contribution in [2.45, 2.75) is 26.2 Å². The summed E-state index contributed by atoms with van der Waals surface area (Å²) in [6.07, 6.45) is 11.0. The van der Waals surface area contributed by atoms with Crippen LogP contribution in [0.15, 0.2) is 48.9 Å². The lowest BCUT2D eigenvalue weighted by atomic mass is 9.88. The molecular weight excluding hydrogens is 362 g/mol. The lowest BCUT2D eigenvalue weighted by molar-refractivity contribution is 0.122. The first-order valence-corrected chi connectivity index (χ1v) is 10.1. The summed E-state index contributed by atoms with van der Waals surface area (Å²) >= 11 is 0. The lowest BCUT2D eigenvalue weighted by Crippen LogP contribution is -2.37. The molecule has 6 nitrogen and oxygen atoms in total. The predicted octanol–water partition coefficient (Wildman–Crippen LogP) is 4.22. The number of aryl methyl sites for hydroxylation is 1. The van der Waals surface area contributed by atoms with E-state index in [1.54, 1.807) is 6.20 Å². The fourth-order valence-electron chi connectivity index (χ4n) is 3.66. The van der Waals surface area contributed by atoms with E-state index in [0.29, 0.717) is 5.92 Å². The van der Waals surface area contributed by atoms with E-state index in [-0.39, 0.29) is 0 Å². The Balaban J connectivity index is 0.000000294. The maximum absolute atomic E-state index is 5.48. The average molecular weight is 390 g/mol. The Hall–Kier alpha value is -2.99. The number of pyridine rings is 2. The number of hydrogen-bond acceptors (Lipinski definition) is 5. The highest BCUT2D eigenvalue weighted by Gasteiger charge is 2.22. The number of anilines is 1. The average Bonchev–Trinajstić information content (AvgIpc) is 3.26. The SMILES string of the molecule is CC1CC=Cc2c(-c3ccncc3)cc(N3CCOCC3)nc21.Cc1ccn[nH]1. The molecule has 0 amide bonds. The summed E-state index contributed by atoms with van der Waals surface area (Å²) in [5, 5.41) is 6.45. The molecule has 0 saturated carbocycles. The van der Waals surface area contributed by atoms with Gasteiger partial charge in [-0.2, -0.15) is 5.10 Å². The van der Waals surface area contributed by atoms with Gasteiger partial charge in [-0.05, 0) is 48.7 Å². The third kappa shape index (κ3) is 4.54. The van der Waals surface area contributed by atoms with E-state index in [1.165, 1.54) is 22.4 Å². The molecule has 150 valence electrons. The summed E-state index contributed by atoms with van der Waals surface area (Å²) in [6, 6.07) is 8.29. The molecule has 2 aliphatic rings. The zero-order valence-corrected chi connectivity index (χ0v) is 17.0.